The van der Waals surface area contributed by atoms with Gasteiger partial charge in [-0.15, -0.1) is 0 Å². The molecule has 2 unspecified atom stereocenters. The predicted octanol–water partition coefficient (Wildman–Crippen LogP) is -0.812. The topological polar surface area (TPSA) is 105 Å². The highest BCUT2D eigenvalue weighted by Crippen LogP contribution is 2.26. The molecular weight excluding hydrogens is 274 g/mol. The number of hydrogen-bond donors (Lipinski definition) is 2. The first kappa shape index (κ1) is 14.1. The molecule has 0 radical (unpaired) electrons. The van der Waals surface area contributed by atoms with Crippen molar-refractivity contribution in [3.05, 3.63) is 0 Å². The van der Waals surface area contributed by atoms with Crippen LogP contribution in [0.15, 0.2) is 0 Å². The van der Waals surface area contributed by atoms with E-state index >= 15 is 0 Å². The molecule has 108 valence electrons. The Bertz CT molecular complexity index is 478. The van der Waals surface area contributed by atoms with Crippen molar-refractivity contribution in [2.45, 2.75) is 25.3 Å². The van der Waals surface area contributed by atoms with Crippen LogP contribution < -0.4 is 10.0 Å². The van der Waals surface area contributed by atoms with E-state index in [1.54, 1.807) is 0 Å². The SMILES string of the molecule is COC(=O)NS(=O)(=O)N1CCC2NC(=O)CCC2C1. The van der Waals surface area contributed by atoms with E-state index in [2.05, 4.69) is 10.1 Å². The monoisotopic (exact) mass is 291 g/mol. The van der Waals surface area contributed by atoms with E-state index in [1.165, 1.54) is 4.31 Å². The molecule has 2 N–H and O–H groups in total. The highest BCUT2D eigenvalue weighted by atomic mass is 32.2. The molecule has 19 heavy (non-hydrogen) atoms. The Morgan fingerprint density at radius 2 is 2.21 bits per heavy atom. The first-order valence-corrected chi connectivity index (χ1v) is 7.51. The number of carbonyl (C=O) groups is 2. The summed E-state index contributed by atoms with van der Waals surface area (Å²) in [5, 5.41) is 2.87. The number of nitrogens with zero attached hydrogens (tertiary/aromatic N) is 1. The molecular formula is C10H17N3O5S. The molecule has 0 aliphatic carbocycles. The first-order chi connectivity index (χ1) is 8.92. The molecule has 0 aromatic heterocycles. The molecule has 2 aliphatic rings. The highest BCUT2D eigenvalue weighted by molar-refractivity contribution is 7.87. The molecule has 2 fully saturated rings. The fraction of sp³-hybridized carbons (Fsp3) is 0.800. The quantitative estimate of drug-likeness (QED) is 0.692. The Hall–Kier alpha value is -1.35. The first-order valence-electron chi connectivity index (χ1n) is 6.07. The molecule has 0 aromatic rings. The summed E-state index contributed by atoms with van der Waals surface area (Å²) >= 11 is 0. The Morgan fingerprint density at radius 3 is 2.89 bits per heavy atom. The minimum Gasteiger partial charge on any atom is -0.452 e. The smallest absolute Gasteiger partial charge is 0.421 e. The Labute approximate surface area is 111 Å². The van der Waals surface area contributed by atoms with Crippen LogP contribution >= 0.6 is 0 Å². The standard InChI is InChI=1S/C10H17N3O5S/c1-18-10(15)12-19(16,17)13-5-4-8-7(6-13)2-3-9(14)11-8/h7-8H,2-6H2,1H3,(H,11,14)(H,12,15). The van der Waals surface area contributed by atoms with Crippen LogP contribution in [0.5, 0.6) is 0 Å². The number of carbonyl (C=O) groups excluding carboxylic acids is 2. The molecule has 0 bridgehead atoms. The molecule has 9 heteroatoms. The van der Waals surface area contributed by atoms with Gasteiger partial charge in [0.15, 0.2) is 0 Å². The van der Waals surface area contributed by atoms with Gasteiger partial charge < -0.3 is 10.1 Å². The van der Waals surface area contributed by atoms with Crippen molar-refractivity contribution in [1.29, 1.82) is 0 Å². The normalized spacial score (nSPS) is 28.2. The zero-order valence-electron chi connectivity index (χ0n) is 10.6. The molecule has 0 spiro atoms. The average molecular weight is 291 g/mol. The minimum atomic E-state index is -3.86. The summed E-state index contributed by atoms with van der Waals surface area (Å²) in [5.74, 6) is 0.117. The summed E-state index contributed by atoms with van der Waals surface area (Å²) in [6.45, 7) is 0.574. The maximum atomic E-state index is 11.9. The van der Waals surface area contributed by atoms with Crippen molar-refractivity contribution in [2.24, 2.45) is 5.92 Å². The van der Waals surface area contributed by atoms with E-state index in [1.807, 2.05) is 4.72 Å². The highest BCUT2D eigenvalue weighted by Gasteiger charge is 2.38. The number of rotatable bonds is 2. The third-order valence-electron chi connectivity index (χ3n) is 3.52. The van der Waals surface area contributed by atoms with Gasteiger partial charge in [-0.25, -0.2) is 9.52 Å². The van der Waals surface area contributed by atoms with Gasteiger partial charge in [-0.2, -0.15) is 12.7 Å². The van der Waals surface area contributed by atoms with E-state index < -0.39 is 16.3 Å². The second-order valence-corrected chi connectivity index (χ2v) is 6.39. The third kappa shape index (κ3) is 3.16. The molecule has 2 atom stereocenters. The minimum absolute atomic E-state index is 0.0187. The molecule has 2 aliphatic heterocycles. The van der Waals surface area contributed by atoms with Crippen LogP contribution in [0.1, 0.15) is 19.3 Å². The zero-order valence-corrected chi connectivity index (χ0v) is 11.4. The molecule has 8 nitrogen and oxygen atoms in total. The molecule has 2 saturated heterocycles. The van der Waals surface area contributed by atoms with Crippen molar-refractivity contribution in [3.8, 4) is 0 Å². The molecule has 0 aromatic carbocycles. The Morgan fingerprint density at radius 1 is 1.47 bits per heavy atom. The molecule has 2 rings (SSSR count). The van der Waals surface area contributed by atoms with Gasteiger partial charge in [-0.1, -0.05) is 0 Å². The lowest BCUT2D eigenvalue weighted by Gasteiger charge is -2.40. The Kier molecular flexibility index (Phi) is 3.95. The number of amides is 2. The number of hydrogen-bond acceptors (Lipinski definition) is 5. The number of nitrogens with one attached hydrogen (secondary N) is 2. The fourth-order valence-electron chi connectivity index (χ4n) is 2.51. The number of ether oxygens (including phenoxy) is 1. The largest absolute Gasteiger partial charge is 0.452 e. The van der Waals surface area contributed by atoms with E-state index in [-0.39, 0.29) is 24.4 Å². The molecule has 2 amide bonds. The maximum absolute atomic E-state index is 11.9. The lowest BCUT2D eigenvalue weighted by molar-refractivity contribution is -0.124. The van der Waals surface area contributed by atoms with Crippen molar-refractivity contribution < 1.29 is 22.7 Å². The summed E-state index contributed by atoms with van der Waals surface area (Å²) in [6, 6.07) is 0.0332. The third-order valence-corrected chi connectivity index (χ3v) is 4.96. The summed E-state index contributed by atoms with van der Waals surface area (Å²) in [6.07, 6.45) is 0.637. The van der Waals surface area contributed by atoms with Gasteiger partial charge in [0.1, 0.15) is 0 Å². The van der Waals surface area contributed by atoms with Gasteiger partial charge in [-0.05, 0) is 18.8 Å². The van der Waals surface area contributed by atoms with Crippen LogP contribution in [0.25, 0.3) is 0 Å². The van der Waals surface area contributed by atoms with E-state index in [4.69, 9.17) is 0 Å². The van der Waals surface area contributed by atoms with Crippen molar-refractivity contribution in [3.63, 3.8) is 0 Å². The Balaban J connectivity index is 2.00. The van der Waals surface area contributed by atoms with Crippen LogP contribution in [-0.2, 0) is 19.7 Å². The van der Waals surface area contributed by atoms with Gasteiger partial charge in [0, 0.05) is 25.6 Å². The molecule has 0 saturated carbocycles. The predicted molar refractivity (Wildman–Crippen MR) is 65.3 cm³/mol. The lowest BCUT2D eigenvalue weighted by atomic mass is 9.86. The molecule has 2 heterocycles. The van der Waals surface area contributed by atoms with Gasteiger partial charge in [0.2, 0.25) is 5.91 Å². The van der Waals surface area contributed by atoms with Gasteiger partial charge >= 0.3 is 16.3 Å². The van der Waals surface area contributed by atoms with E-state index in [9.17, 15) is 18.0 Å². The van der Waals surface area contributed by atoms with Crippen molar-refractivity contribution in [2.75, 3.05) is 20.2 Å². The summed E-state index contributed by atoms with van der Waals surface area (Å²) in [5.41, 5.74) is 0. The van der Waals surface area contributed by atoms with Gasteiger partial charge in [0.05, 0.1) is 7.11 Å². The number of piperidine rings is 2. The number of methoxy groups -OCH3 is 1. The number of fused-ring (bicyclic) bond motifs is 1. The van der Waals surface area contributed by atoms with Gasteiger partial charge in [-0.3, -0.25) is 4.79 Å². The van der Waals surface area contributed by atoms with Crippen LogP contribution in [0.4, 0.5) is 4.79 Å². The van der Waals surface area contributed by atoms with E-state index in [0.29, 0.717) is 25.8 Å². The second-order valence-electron chi connectivity index (χ2n) is 4.72. The average Bonchev–Trinajstić information content (AvgIpc) is 2.37. The lowest BCUT2D eigenvalue weighted by Crippen LogP contribution is -2.57. The van der Waals surface area contributed by atoms with Crippen LogP contribution in [0.3, 0.4) is 0 Å². The van der Waals surface area contributed by atoms with E-state index in [0.717, 1.165) is 7.11 Å². The van der Waals surface area contributed by atoms with Crippen molar-refractivity contribution >= 4 is 22.2 Å². The maximum Gasteiger partial charge on any atom is 0.421 e. The van der Waals surface area contributed by atoms with Crippen LogP contribution in [-0.4, -0.2) is 51.0 Å². The van der Waals surface area contributed by atoms with Crippen LogP contribution in [0, 0.1) is 5.92 Å². The zero-order chi connectivity index (χ0) is 14.0. The van der Waals surface area contributed by atoms with Crippen LogP contribution in [0.2, 0.25) is 0 Å². The van der Waals surface area contributed by atoms with Gasteiger partial charge in [0.25, 0.3) is 0 Å². The summed E-state index contributed by atoms with van der Waals surface area (Å²) in [4.78, 5) is 22.3. The summed E-state index contributed by atoms with van der Waals surface area (Å²) in [7, 11) is -2.76. The van der Waals surface area contributed by atoms with Crippen molar-refractivity contribution in [1.82, 2.24) is 14.3 Å². The second kappa shape index (κ2) is 5.33. The summed E-state index contributed by atoms with van der Waals surface area (Å²) < 4.78 is 31.2. The fourth-order valence-corrected chi connectivity index (χ4v) is 3.66.